The first kappa shape index (κ1) is 15.8. The van der Waals surface area contributed by atoms with E-state index < -0.39 is 0 Å². The molecule has 0 saturated carbocycles. The molecule has 0 saturated heterocycles. The maximum absolute atomic E-state index is 2.89. The van der Waals surface area contributed by atoms with E-state index in [1.807, 2.05) is 0 Å². The molecule has 1 atom stereocenters. The third-order valence-electron chi connectivity index (χ3n) is 4.46. The minimum atomic E-state index is 1.21. The van der Waals surface area contributed by atoms with Crippen molar-refractivity contribution >= 4 is 14.5 Å². The van der Waals surface area contributed by atoms with Gasteiger partial charge in [-0.25, -0.2) is 0 Å². The SMILES string of the molecule is Pc1cccc(-c2ccccc2-c2ccccc2)c1-c1ccccc1. The standard InChI is InChI=1S/C24H19P/c25-23-17-9-16-22(24(23)19-12-5-2-6-13-19)21-15-8-7-14-20(21)18-10-3-1-4-11-18/h1-17H,25H2. The Labute approximate surface area is 151 Å². The van der Waals surface area contributed by atoms with Gasteiger partial charge in [-0.1, -0.05) is 103 Å². The predicted octanol–water partition coefficient (Wildman–Crippen LogP) is 6.19. The van der Waals surface area contributed by atoms with Crippen molar-refractivity contribution in [2.24, 2.45) is 0 Å². The lowest BCUT2D eigenvalue weighted by Crippen LogP contribution is -2.00. The molecule has 0 aromatic heterocycles. The van der Waals surface area contributed by atoms with Crippen molar-refractivity contribution in [3.05, 3.63) is 103 Å². The second-order valence-corrected chi connectivity index (χ2v) is 6.67. The fourth-order valence-corrected chi connectivity index (χ4v) is 3.74. The topological polar surface area (TPSA) is 0 Å². The van der Waals surface area contributed by atoms with Crippen LogP contribution in [0, 0.1) is 0 Å². The predicted molar refractivity (Wildman–Crippen MR) is 112 cm³/mol. The van der Waals surface area contributed by atoms with Crippen molar-refractivity contribution in [3.8, 4) is 33.4 Å². The van der Waals surface area contributed by atoms with E-state index >= 15 is 0 Å². The first-order chi connectivity index (χ1) is 12.3. The minimum absolute atomic E-state index is 1.21. The van der Waals surface area contributed by atoms with Gasteiger partial charge < -0.3 is 0 Å². The summed E-state index contributed by atoms with van der Waals surface area (Å²) in [4.78, 5) is 0. The van der Waals surface area contributed by atoms with E-state index in [2.05, 4.69) is 112 Å². The fourth-order valence-electron chi connectivity index (χ4n) is 3.31. The summed E-state index contributed by atoms with van der Waals surface area (Å²) in [7, 11) is 2.89. The Morgan fingerprint density at radius 1 is 0.400 bits per heavy atom. The normalized spacial score (nSPS) is 10.6. The lowest BCUT2D eigenvalue weighted by atomic mass is 9.89. The summed E-state index contributed by atoms with van der Waals surface area (Å²) in [5, 5.41) is 1.21. The third-order valence-corrected chi connectivity index (χ3v) is 4.94. The number of rotatable bonds is 3. The summed E-state index contributed by atoms with van der Waals surface area (Å²) in [5.74, 6) is 0. The van der Waals surface area contributed by atoms with Crippen LogP contribution in [0.2, 0.25) is 0 Å². The van der Waals surface area contributed by atoms with Crippen molar-refractivity contribution in [2.75, 3.05) is 0 Å². The average Bonchev–Trinajstić information content (AvgIpc) is 2.69. The summed E-state index contributed by atoms with van der Waals surface area (Å²) in [6, 6.07) is 36.4. The molecular formula is C24H19P. The van der Waals surface area contributed by atoms with Crippen molar-refractivity contribution in [2.45, 2.75) is 0 Å². The van der Waals surface area contributed by atoms with Crippen molar-refractivity contribution in [1.29, 1.82) is 0 Å². The van der Waals surface area contributed by atoms with E-state index in [1.54, 1.807) is 0 Å². The molecule has 0 aliphatic heterocycles. The molecular weight excluding hydrogens is 319 g/mol. The van der Waals surface area contributed by atoms with Gasteiger partial charge in [-0.3, -0.25) is 0 Å². The van der Waals surface area contributed by atoms with Crippen LogP contribution in [0.3, 0.4) is 0 Å². The van der Waals surface area contributed by atoms with Crippen molar-refractivity contribution in [1.82, 2.24) is 0 Å². The van der Waals surface area contributed by atoms with E-state index in [0.717, 1.165) is 0 Å². The molecule has 4 aromatic carbocycles. The summed E-state index contributed by atoms with van der Waals surface area (Å²) in [6.07, 6.45) is 0. The van der Waals surface area contributed by atoms with E-state index in [1.165, 1.54) is 38.7 Å². The van der Waals surface area contributed by atoms with Gasteiger partial charge in [0.25, 0.3) is 0 Å². The van der Waals surface area contributed by atoms with Crippen molar-refractivity contribution in [3.63, 3.8) is 0 Å². The monoisotopic (exact) mass is 338 g/mol. The molecule has 4 rings (SSSR count). The molecule has 0 nitrogen and oxygen atoms in total. The molecule has 1 unspecified atom stereocenters. The Bertz CT molecular complexity index is 989. The van der Waals surface area contributed by atoms with Crippen LogP contribution in [0.15, 0.2) is 103 Å². The van der Waals surface area contributed by atoms with Gasteiger partial charge in [0.05, 0.1) is 0 Å². The fraction of sp³-hybridized carbons (Fsp3) is 0. The Hall–Kier alpha value is -2.69. The zero-order valence-electron chi connectivity index (χ0n) is 13.9. The molecule has 1 heteroatoms. The summed E-state index contributed by atoms with van der Waals surface area (Å²) in [6.45, 7) is 0. The minimum Gasteiger partial charge on any atom is -0.105 e. The van der Waals surface area contributed by atoms with E-state index in [4.69, 9.17) is 0 Å². The largest absolute Gasteiger partial charge is 0.105 e. The number of benzene rings is 4. The zero-order valence-corrected chi connectivity index (χ0v) is 15.0. The van der Waals surface area contributed by atoms with Gasteiger partial charge in [0.1, 0.15) is 0 Å². The maximum Gasteiger partial charge on any atom is -0.00335 e. The van der Waals surface area contributed by atoms with Gasteiger partial charge >= 0.3 is 0 Å². The Balaban J connectivity index is 1.98. The zero-order chi connectivity index (χ0) is 17.1. The number of hydrogen-bond acceptors (Lipinski definition) is 0. The second-order valence-electron chi connectivity index (χ2n) is 6.05. The summed E-state index contributed by atoms with van der Waals surface area (Å²) in [5.41, 5.74) is 7.54. The molecule has 0 heterocycles. The molecule has 0 spiro atoms. The van der Waals surface area contributed by atoms with Gasteiger partial charge in [-0.2, -0.15) is 0 Å². The Morgan fingerprint density at radius 2 is 0.920 bits per heavy atom. The van der Waals surface area contributed by atoms with Crippen LogP contribution in [0.5, 0.6) is 0 Å². The molecule has 4 aromatic rings. The molecule has 0 radical (unpaired) electrons. The van der Waals surface area contributed by atoms with Gasteiger partial charge in [0.2, 0.25) is 0 Å². The highest BCUT2D eigenvalue weighted by Gasteiger charge is 2.13. The lowest BCUT2D eigenvalue weighted by Gasteiger charge is -2.16. The van der Waals surface area contributed by atoms with E-state index in [0.29, 0.717) is 0 Å². The van der Waals surface area contributed by atoms with Crippen LogP contribution in [0.1, 0.15) is 0 Å². The highest BCUT2D eigenvalue weighted by atomic mass is 31.0. The van der Waals surface area contributed by atoms with Crippen LogP contribution >= 0.6 is 9.24 Å². The summed E-state index contributed by atoms with van der Waals surface area (Å²) < 4.78 is 0. The Morgan fingerprint density at radius 3 is 1.60 bits per heavy atom. The lowest BCUT2D eigenvalue weighted by molar-refractivity contribution is 1.58. The van der Waals surface area contributed by atoms with Gasteiger partial charge in [-0.05, 0) is 38.7 Å². The molecule has 120 valence electrons. The van der Waals surface area contributed by atoms with Gasteiger partial charge in [-0.15, -0.1) is 9.24 Å². The first-order valence-corrected chi connectivity index (χ1v) is 9.01. The van der Waals surface area contributed by atoms with Crippen LogP contribution in [0.4, 0.5) is 0 Å². The van der Waals surface area contributed by atoms with Gasteiger partial charge in [0, 0.05) is 0 Å². The van der Waals surface area contributed by atoms with E-state index in [-0.39, 0.29) is 0 Å². The smallest absolute Gasteiger partial charge is 0.00335 e. The maximum atomic E-state index is 2.89. The average molecular weight is 338 g/mol. The first-order valence-electron chi connectivity index (χ1n) is 8.43. The molecule has 0 aliphatic carbocycles. The molecule has 0 bridgehead atoms. The van der Waals surface area contributed by atoms with Crippen LogP contribution < -0.4 is 5.30 Å². The molecule has 25 heavy (non-hydrogen) atoms. The highest BCUT2D eigenvalue weighted by Crippen LogP contribution is 2.37. The second kappa shape index (κ2) is 7.05. The van der Waals surface area contributed by atoms with Crippen molar-refractivity contribution < 1.29 is 0 Å². The molecule has 0 N–H and O–H groups in total. The highest BCUT2D eigenvalue weighted by molar-refractivity contribution is 7.28. The molecule has 0 amide bonds. The van der Waals surface area contributed by atoms with Crippen LogP contribution in [0.25, 0.3) is 33.4 Å². The van der Waals surface area contributed by atoms with Gasteiger partial charge in [0.15, 0.2) is 0 Å². The van der Waals surface area contributed by atoms with E-state index in [9.17, 15) is 0 Å². The molecule has 0 fully saturated rings. The number of hydrogen-bond donors (Lipinski definition) is 0. The summed E-state index contributed by atoms with van der Waals surface area (Å²) >= 11 is 0. The quantitative estimate of drug-likeness (QED) is 0.391. The molecule has 0 aliphatic rings. The van der Waals surface area contributed by atoms with Crippen LogP contribution in [-0.2, 0) is 0 Å². The third kappa shape index (κ3) is 3.14. The Kier molecular flexibility index (Phi) is 4.46. The van der Waals surface area contributed by atoms with Crippen LogP contribution in [-0.4, -0.2) is 0 Å².